The van der Waals surface area contributed by atoms with Gasteiger partial charge in [0.05, 0.1) is 17.3 Å². The molecule has 4 aliphatic rings. The Hall–Kier alpha value is -2.04. The van der Waals surface area contributed by atoms with Crippen LogP contribution >= 0.6 is 0 Å². The van der Waals surface area contributed by atoms with Crippen molar-refractivity contribution in [3.63, 3.8) is 0 Å². The number of urea groups is 1. The molecule has 3 amide bonds. The molecule has 10 heteroatoms. The second-order valence-corrected chi connectivity index (χ2v) is 11.1. The minimum Gasteiger partial charge on any atom is -0.399 e. The van der Waals surface area contributed by atoms with Crippen molar-refractivity contribution in [2.45, 2.75) is 89.3 Å². The van der Waals surface area contributed by atoms with E-state index in [2.05, 4.69) is 5.32 Å². The van der Waals surface area contributed by atoms with Crippen molar-refractivity contribution in [3.05, 3.63) is 29.3 Å². The van der Waals surface area contributed by atoms with Gasteiger partial charge in [-0.15, -0.1) is 0 Å². The molecule has 2 aliphatic heterocycles. The van der Waals surface area contributed by atoms with Gasteiger partial charge >= 0.3 is 19.8 Å². The van der Waals surface area contributed by atoms with Crippen LogP contribution < -0.4 is 10.8 Å². The lowest BCUT2D eigenvalue weighted by Gasteiger charge is -2.46. The minimum absolute atomic E-state index is 0.310. The molecule has 2 heterocycles. The van der Waals surface area contributed by atoms with Gasteiger partial charge in [0.15, 0.2) is 5.54 Å². The first-order valence-corrected chi connectivity index (χ1v) is 11.8. The molecule has 5 rings (SSSR count). The molecular formula is C24H31BF2N2O5. The predicted octanol–water partition coefficient (Wildman–Crippen LogP) is 3.09. The molecule has 2 spiro atoms. The summed E-state index contributed by atoms with van der Waals surface area (Å²) in [6.45, 7) is 5.09. The van der Waals surface area contributed by atoms with Crippen LogP contribution in [0.1, 0.15) is 64.5 Å². The maximum absolute atomic E-state index is 13.7. The van der Waals surface area contributed by atoms with Crippen LogP contribution in [-0.2, 0) is 30.8 Å². The molecule has 3 fully saturated rings. The lowest BCUT2D eigenvalue weighted by molar-refractivity contribution is -0.179. The largest absolute Gasteiger partial charge is 0.494 e. The predicted molar refractivity (Wildman–Crippen MR) is 121 cm³/mol. The van der Waals surface area contributed by atoms with Crippen LogP contribution in [0.4, 0.5) is 13.6 Å². The highest BCUT2D eigenvalue weighted by Crippen LogP contribution is 2.59. The highest BCUT2D eigenvalue weighted by molar-refractivity contribution is 6.62. The summed E-state index contributed by atoms with van der Waals surface area (Å²) >= 11 is 0. The molecule has 1 saturated carbocycles. The molecule has 2 aliphatic carbocycles. The highest BCUT2D eigenvalue weighted by atomic mass is 19.3. The molecule has 2 saturated heterocycles. The number of ether oxygens (including phenoxy) is 1. The number of nitrogens with zero attached hydrogens (tertiary/aromatic N) is 1. The van der Waals surface area contributed by atoms with Gasteiger partial charge in [0.1, 0.15) is 0 Å². The smallest absolute Gasteiger partial charge is 0.399 e. The van der Waals surface area contributed by atoms with Crippen LogP contribution in [-0.4, -0.2) is 54.9 Å². The summed E-state index contributed by atoms with van der Waals surface area (Å²) in [5, 5.41) is 3.02. The number of nitrogens with one attached hydrogen (secondary N) is 1. The number of carbonyl (C=O) groups excluding carboxylic acids is 2. The Labute approximate surface area is 198 Å². The van der Waals surface area contributed by atoms with E-state index in [1.807, 2.05) is 45.9 Å². The number of halogens is 2. The number of carbonyl (C=O) groups is 2. The third kappa shape index (κ3) is 3.18. The molecule has 34 heavy (non-hydrogen) atoms. The normalized spacial score (nSPS) is 33.9. The van der Waals surface area contributed by atoms with E-state index in [1.165, 1.54) is 7.05 Å². The average Bonchev–Trinajstić information content (AvgIpc) is 3.24. The molecule has 7 nitrogen and oxygen atoms in total. The number of fused-ring (bicyclic) bond motifs is 3. The fourth-order valence-electron chi connectivity index (χ4n) is 6.17. The van der Waals surface area contributed by atoms with Crippen LogP contribution in [0.25, 0.3) is 0 Å². The van der Waals surface area contributed by atoms with Gasteiger partial charge in [-0.3, -0.25) is 9.69 Å². The topological polar surface area (TPSA) is 77.1 Å². The zero-order chi connectivity index (χ0) is 24.7. The lowest BCUT2D eigenvalue weighted by Crippen LogP contribution is -2.57. The van der Waals surface area contributed by atoms with Crippen molar-refractivity contribution < 1.29 is 32.4 Å². The molecule has 1 atom stereocenters. The number of amides is 3. The van der Waals surface area contributed by atoms with E-state index in [0.717, 1.165) is 21.5 Å². The fourth-order valence-corrected chi connectivity index (χ4v) is 6.17. The van der Waals surface area contributed by atoms with Crippen molar-refractivity contribution in [1.82, 2.24) is 10.2 Å². The summed E-state index contributed by atoms with van der Waals surface area (Å²) in [6.07, 6.45) is 1.80. The van der Waals surface area contributed by atoms with Crippen LogP contribution in [0.15, 0.2) is 18.2 Å². The van der Waals surface area contributed by atoms with Gasteiger partial charge in [-0.1, -0.05) is 18.2 Å². The highest BCUT2D eigenvalue weighted by Gasteiger charge is 2.68. The zero-order valence-corrected chi connectivity index (χ0v) is 20.2. The number of hydrogen-bond donors (Lipinski definition) is 1. The maximum atomic E-state index is 13.7. The Balaban J connectivity index is 1.55. The van der Waals surface area contributed by atoms with E-state index in [0.29, 0.717) is 32.1 Å². The number of likely N-dealkylation sites (N-methyl/N-ethyl adjacent to an activating group) is 1. The lowest BCUT2D eigenvalue weighted by atomic mass is 9.61. The van der Waals surface area contributed by atoms with Gasteiger partial charge in [0.25, 0.3) is 5.91 Å². The van der Waals surface area contributed by atoms with Crippen molar-refractivity contribution >= 4 is 24.5 Å². The number of hydrogen-bond acceptors (Lipinski definition) is 5. The summed E-state index contributed by atoms with van der Waals surface area (Å²) in [5.41, 5.74) is -0.396. The molecule has 0 radical (unpaired) electrons. The average molecular weight is 476 g/mol. The van der Waals surface area contributed by atoms with Gasteiger partial charge < -0.3 is 19.4 Å². The van der Waals surface area contributed by atoms with Crippen LogP contribution in [0.5, 0.6) is 0 Å². The molecular weight excluding hydrogens is 445 g/mol. The Morgan fingerprint density at radius 2 is 1.74 bits per heavy atom. The summed E-state index contributed by atoms with van der Waals surface area (Å²) in [7, 11) is 0.867. The second kappa shape index (κ2) is 7.48. The zero-order valence-electron chi connectivity index (χ0n) is 20.2. The first kappa shape index (κ1) is 23.7. The molecule has 0 aromatic heterocycles. The summed E-state index contributed by atoms with van der Waals surface area (Å²) < 4.78 is 42.8. The molecule has 184 valence electrons. The Morgan fingerprint density at radius 3 is 2.26 bits per heavy atom. The van der Waals surface area contributed by atoms with Crippen molar-refractivity contribution in [1.29, 1.82) is 0 Å². The van der Waals surface area contributed by atoms with Gasteiger partial charge in [-0.25, -0.2) is 4.79 Å². The summed E-state index contributed by atoms with van der Waals surface area (Å²) in [6, 6.07) is 5.39. The van der Waals surface area contributed by atoms with E-state index in [9.17, 15) is 18.4 Å². The minimum atomic E-state index is -2.82. The summed E-state index contributed by atoms with van der Waals surface area (Å²) in [5.74, 6) is -0.310. The quantitative estimate of drug-likeness (QED) is 0.536. The van der Waals surface area contributed by atoms with Crippen molar-refractivity contribution in [3.8, 4) is 0 Å². The Morgan fingerprint density at radius 1 is 1.12 bits per heavy atom. The maximum Gasteiger partial charge on any atom is 0.494 e. The van der Waals surface area contributed by atoms with Gasteiger partial charge in [-0.2, -0.15) is 8.78 Å². The second-order valence-electron chi connectivity index (χ2n) is 11.1. The number of imide groups is 1. The van der Waals surface area contributed by atoms with E-state index < -0.39 is 48.0 Å². The molecule has 1 aromatic rings. The number of alkyl halides is 2. The number of benzene rings is 1. The molecule has 1 unspecified atom stereocenters. The van der Waals surface area contributed by atoms with Crippen LogP contribution in [0, 0.1) is 5.41 Å². The van der Waals surface area contributed by atoms with E-state index >= 15 is 0 Å². The number of rotatable bonds is 3. The van der Waals surface area contributed by atoms with Gasteiger partial charge in [0, 0.05) is 12.5 Å². The fraction of sp³-hybridized carbons (Fsp3) is 0.667. The van der Waals surface area contributed by atoms with Crippen LogP contribution in [0.2, 0.25) is 0 Å². The van der Waals surface area contributed by atoms with Gasteiger partial charge in [-0.05, 0) is 76.4 Å². The SMILES string of the molecule is CN1C(=O)NC2(C1=O)c1cc(B3OC(C)(C)C(C)(C)O3)ccc1CC21CCC(OC(F)F)CC1. The van der Waals surface area contributed by atoms with E-state index in [4.69, 9.17) is 14.0 Å². The third-order valence-corrected chi connectivity index (χ3v) is 8.80. The first-order chi connectivity index (χ1) is 15.8. The van der Waals surface area contributed by atoms with Crippen molar-refractivity contribution in [2.24, 2.45) is 5.41 Å². The molecule has 1 N–H and O–H groups in total. The standard InChI is InChI=1S/C24H31BF2N2O5/c1-21(2)22(3,4)34-25(33-21)15-7-6-14-13-23(10-8-16(9-11-23)32-19(26)27)24(17(14)12-15)18(30)29(5)20(31)28-24/h6-7,12,16,19H,8-11,13H2,1-5H3,(H,28,31). The Bertz CT molecular complexity index is 1020. The van der Waals surface area contributed by atoms with E-state index in [1.54, 1.807) is 0 Å². The monoisotopic (exact) mass is 476 g/mol. The summed E-state index contributed by atoms with van der Waals surface area (Å²) in [4.78, 5) is 27.6. The van der Waals surface area contributed by atoms with Gasteiger partial charge in [0.2, 0.25) is 0 Å². The van der Waals surface area contributed by atoms with Crippen LogP contribution in [0.3, 0.4) is 0 Å². The molecule has 0 bridgehead atoms. The van der Waals surface area contributed by atoms with E-state index in [-0.39, 0.29) is 5.91 Å². The Kier molecular flexibility index (Phi) is 5.21. The van der Waals surface area contributed by atoms with Crippen molar-refractivity contribution in [2.75, 3.05) is 7.05 Å². The first-order valence-electron chi connectivity index (χ1n) is 11.8. The molecule has 1 aromatic carbocycles. The third-order valence-electron chi connectivity index (χ3n) is 8.80.